The number of halogens is 3. The molecule has 0 spiro atoms. The van der Waals surface area contributed by atoms with Gasteiger partial charge in [-0.25, -0.2) is 9.59 Å². The lowest BCUT2D eigenvalue weighted by molar-refractivity contribution is -0.143. The summed E-state index contributed by atoms with van der Waals surface area (Å²) in [5, 5.41) is 13.2. The molecule has 8 heteroatoms. The van der Waals surface area contributed by atoms with E-state index in [1.165, 1.54) is 13.8 Å². The second-order valence-electron chi connectivity index (χ2n) is 4.58. The lowest BCUT2D eigenvalue weighted by atomic mass is 10.1. The molecule has 0 heterocycles. The van der Waals surface area contributed by atoms with Gasteiger partial charge in [-0.05, 0) is 38.1 Å². The van der Waals surface area contributed by atoms with Gasteiger partial charge in [0.1, 0.15) is 5.54 Å². The molecule has 3 N–H and O–H groups in total. The molecule has 1 aromatic carbocycles. The fraction of sp³-hybridized carbons (Fsp3) is 0.333. The largest absolute Gasteiger partial charge is 0.480 e. The maximum atomic E-state index is 12.3. The minimum Gasteiger partial charge on any atom is -0.480 e. The number of rotatable bonds is 3. The molecule has 1 aromatic rings. The summed E-state index contributed by atoms with van der Waals surface area (Å²) in [6.45, 7) is 2.56. The van der Waals surface area contributed by atoms with E-state index in [0.29, 0.717) is 0 Å². The van der Waals surface area contributed by atoms with Crippen molar-refractivity contribution in [3.8, 4) is 0 Å². The van der Waals surface area contributed by atoms with Crippen LogP contribution in [0.4, 0.5) is 23.7 Å². The maximum Gasteiger partial charge on any atom is 0.416 e. The summed E-state index contributed by atoms with van der Waals surface area (Å²) in [5.41, 5.74) is -2.21. The van der Waals surface area contributed by atoms with Crippen LogP contribution in [-0.4, -0.2) is 22.6 Å². The molecule has 0 aliphatic carbocycles. The molecule has 20 heavy (non-hydrogen) atoms. The van der Waals surface area contributed by atoms with E-state index < -0.39 is 29.3 Å². The molecule has 0 fully saturated rings. The number of carboxylic acids is 1. The van der Waals surface area contributed by atoms with Gasteiger partial charge in [0.25, 0.3) is 0 Å². The van der Waals surface area contributed by atoms with E-state index in [4.69, 9.17) is 5.11 Å². The molecule has 0 bridgehead atoms. The fourth-order valence-electron chi connectivity index (χ4n) is 1.24. The van der Waals surface area contributed by atoms with Crippen molar-refractivity contribution >= 4 is 17.7 Å². The van der Waals surface area contributed by atoms with Crippen LogP contribution in [0.25, 0.3) is 0 Å². The molecule has 2 amide bonds. The highest BCUT2D eigenvalue weighted by atomic mass is 19.4. The number of anilines is 1. The Bertz CT molecular complexity index is 510. The SMILES string of the molecule is CC(C)(NC(=O)Nc1ccc(C(F)(F)F)cc1)C(=O)O. The van der Waals surface area contributed by atoms with Crippen LogP contribution in [0.1, 0.15) is 19.4 Å². The summed E-state index contributed by atoms with van der Waals surface area (Å²) in [7, 11) is 0. The summed E-state index contributed by atoms with van der Waals surface area (Å²) >= 11 is 0. The lowest BCUT2D eigenvalue weighted by Gasteiger charge is -2.21. The average Bonchev–Trinajstić information content (AvgIpc) is 2.27. The van der Waals surface area contributed by atoms with Gasteiger partial charge in [0, 0.05) is 5.69 Å². The van der Waals surface area contributed by atoms with Crippen LogP contribution < -0.4 is 10.6 Å². The molecule has 0 aromatic heterocycles. The van der Waals surface area contributed by atoms with E-state index >= 15 is 0 Å². The van der Waals surface area contributed by atoms with E-state index in [0.717, 1.165) is 24.3 Å². The monoisotopic (exact) mass is 290 g/mol. The second-order valence-corrected chi connectivity index (χ2v) is 4.58. The van der Waals surface area contributed by atoms with Crippen molar-refractivity contribution in [2.45, 2.75) is 25.6 Å². The molecule has 0 atom stereocenters. The summed E-state index contributed by atoms with van der Waals surface area (Å²) in [4.78, 5) is 22.3. The van der Waals surface area contributed by atoms with Gasteiger partial charge in [-0.1, -0.05) is 0 Å². The van der Waals surface area contributed by atoms with Gasteiger partial charge in [-0.2, -0.15) is 13.2 Å². The highest BCUT2D eigenvalue weighted by Crippen LogP contribution is 2.29. The van der Waals surface area contributed by atoms with Crippen molar-refractivity contribution in [3.05, 3.63) is 29.8 Å². The fourth-order valence-corrected chi connectivity index (χ4v) is 1.24. The molecule has 1 rings (SSSR count). The number of carbonyl (C=O) groups is 2. The van der Waals surface area contributed by atoms with Crippen molar-refractivity contribution in [1.82, 2.24) is 5.32 Å². The number of urea groups is 1. The van der Waals surface area contributed by atoms with Crippen LogP contribution in [0.2, 0.25) is 0 Å². The molecule has 0 saturated heterocycles. The zero-order chi connectivity index (χ0) is 15.6. The Balaban J connectivity index is 2.70. The van der Waals surface area contributed by atoms with E-state index in [2.05, 4.69) is 10.6 Å². The topological polar surface area (TPSA) is 78.4 Å². The second kappa shape index (κ2) is 5.40. The molecule has 0 saturated carbocycles. The number of alkyl halides is 3. The summed E-state index contributed by atoms with van der Waals surface area (Å²) in [6, 6.07) is 2.97. The van der Waals surface area contributed by atoms with Crippen LogP contribution in [0.5, 0.6) is 0 Å². The summed E-state index contributed by atoms with van der Waals surface area (Å²) < 4.78 is 37.0. The third-order valence-electron chi connectivity index (χ3n) is 2.43. The van der Waals surface area contributed by atoms with Crippen LogP contribution in [0, 0.1) is 0 Å². The Hall–Kier alpha value is -2.25. The molecule has 5 nitrogen and oxygen atoms in total. The van der Waals surface area contributed by atoms with Crippen molar-refractivity contribution in [2.24, 2.45) is 0 Å². The summed E-state index contributed by atoms with van der Waals surface area (Å²) in [6.07, 6.45) is -4.45. The average molecular weight is 290 g/mol. The zero-order valence-corrected chi connectivity index (χ0v) is 10.7. The number of benzene rings is 1. The Kier molecular flexibility index (Phi) is 4.26. The first kappa shape index (κ1) is 15.8. The molecule has 0 aliphatic heterocycles. The van der Waals surface area contributed by atoms with Crippen LogP contribution in [-0.2, 0) is 11.0 Å². The Morgan fingerprint density at radius 2 is 1.60 bits per heavy atom. The predicted molar refractivity (Wildman–Crippen MR) is 65.3 cm³/mol. The molecular weight excluding hydrogens is 277 g/mol. The van der Waals surface area contributed by atoms with Crippen molar-refractivity contribution in [1.29, 1.82) is 0 Å². The van der Waals surface area contributed by atoms with E-state index in [9.17, 15) is 22.8 Å². The minimum atomic E-state index is -4.45. The third-order valence-corrected chi connectivity index (χ3v) is 2.43. The standard InChI is InChI=1S/C12H13F3N2O3/c1-11(2,9(18)19)17-10(20)16-8-5-3-7(4-6-8)12(13,14)15/h3-6H,1-2H3,(H,18,19)(H2,16,17,20). The first-order valence-corrected chi connectivity index (χ1v) is 5.52. The summed E-state index contributed by atoms with van der Waals surface area (Å²) in [5.74, 6) is -1.24. The quantitative estimate of drug-likeness (QED) is 0.800. The van der Waals surface area contributed by atoms with Crippen molar-refractivity contribution < 1.29 is 27.9 Å². The van der Waals surface area contributed by atoms with Crippen molar-refractivity contribution in [2.75, 3.05) is 5.32 Å². The van der Waals surface area contributed by atoms with Gasteiger partial charge in [-0.15, -0.1) is 0 Å². The van der Waals surface area contributed by atoms with Gasteiger partial charge in [0.15, 0.2) is 0 Å². The highest BCUT2D eigenvalue weighted by molar-refractivity contribution is 5.93. The molecule has 0 unspecified atom stereocenters. The first-order chi connectivity index (χ1) is 9.02. The zero-order valence-electron chi connectivity index (χ0n) is 10.7. The molecular formula is C12H13F3N2O3. The number of aliphatic carboxylic acids is 1. The normalized spacial score (nSPS) is 11.8. The van der Waals surface area contributed by atoms with E-state index in [-0.39, 0.29) is 5.69 Å². The molecule has 110 valence electrons. The number of carbonyl (C=O) groups excluding carboxylic acids is 1. The molecule has 0 radical (unpaired) electrons. The van der Waals surface area contributed by atoms with E-state index in [1.54, 1.807) is 0 Å². The van der Waals surface area contributed by atoms with Crippen LogP contribution in [0.15, 0.2) is 24.3 Å². The highest BCUT2D eigenvalue weighted by Gasteiger charge is 2.30. The van der Waals surface area contributed by atoms with Gasteiger partial charge in [0.2, 0.25) is 0 Å². The number of amides is 2. The smallest absolute Gasteiger partial charge is 0.416 e. The van der Waals surface area contributed by atoms with Crippen molar-refractivity contribution in [3.63, 3.8) is 0 Å². The number of hydrogen-bond donors (Lipinski definition) is 3. The van der Waals surface area contributed by atoms with Crippen LogP contribution >= 0.6 is 0 Å². The van der Waals surface area contributed by atoms with Gasteiger partial charge >= 0.3 is 18.2 Å². The number of hydrogen-bond acceptors (Lipinski definition) is 2. The lowest BCUT2D eigenvalue weighted by Crippen LogP contribution is -2.51. The Labute approximate surface area is 112 Å². The maximum absolute atomic E-state index is 12.3. The van der Waals surface area contributed by atoms with Gasteiger partial charge in [0.05, 0.1) is 5.56 Å². The number of carboxylic acid groups (broad SMARTS) is 1. The van der Waals surface area contributed by atoms with Gasteiger partial charge in [-0.3, -0.25) is 0 Å². The number of nitrogens with one attached hydrogen (secondary N) is 2. The Morgan fingerprint density at radius 1 is 1.10 bits per heavy atom. The Morgan fingerprint density at radius 3 is 2.00 bits per heavy atom. The van der Waals surface area contributed by atoms with Gasteiger partial charge < -0.3 is 15.7 Å². The molecule has 0 aliphatic rings. The minimum absolute atomic E-state index is 0.122. The van der Waals surface area contributed by atoms with E-state index in [1.807, 2.05) is 0 Å². The first-order valence-electron chi connectivity index (χ1n) is 5.52. The predicted octanol–water partition coefficient (Wildman–Crippen LogP) is 2.69. The van der Waals surface area contributed by atoms with Crippen LogP contribution in [0.3, 0.4) is 0 Å². The third kappa shape index (κ3) is 4.15.